The number of rotatable bonds is 15. The molecule has 4 rings (SSSR count). The Kier molecular flexibility index (Phi) is 18.4. The van der Waals surface area contributed by atoms with Crippen molar-refractivity contribution in [1.82, 2.24) is 5.09 Å². The Morgan fingerprint density at radius 3 is 1.65 bits per heavy atom. The predicted octanol–water partition coefficient (Wildman–Crippen LogP) is 8.08. The maximum atomic E-state index is 11.1. The second-order valence-electron chi connectivity index (χ2n) is 13.1. The number of hydrogen-bond acceptors (Lipinski definition) is 5. The maximum Gasteiger partial charge on any atom is 0.248 e. The average Bonchev–Trinajstić information content (AvgIpc) is 3.08. The van der Waals surface area contributed by atoms with Crippen molar-refractivity contribution in [3.8, 4) is 11.5 Å². The van der Waals surface area contributed by atoms with Crippen molar-refractivity contribution in [2.45, 2.75) is 60.2 Å². The average molecular weight is 805 g/mol. The Balaban J connectivity index is 0.000000487. The summed E-state index contributed by atoms with van der Waals surface area (Å²) in [7, 11) is -1.08. The smallest absolute Gasteiger partial charge is 0.248 e. The van der Waals surface area contributed by atoms with Crippen molar-refractivity contribution in [3.63, 3.8) is 0 Å². The number of ether oxygens (including phenoxy) is 4. The maximum absolute atomic E-state index is 11.1. The fraction of sp³-hybridized carbons (Fsp3) is 0.342. The quantitative estimate of drug-likeness (QED) is 0.0974. The van der Waals surface area contributed by atoms with Crippen molar-refractivity contribution < 1.29 is 25.2 Å². The first-order valence-corrected chi connectivity index (χ1v) is 24.0. The summed E-state index contributed by atoms with van der Waals surface area (Å²) < 4.78 is 24.0. The van der Waals surface area contributed by atoms with E-state index in [-0.39, 0.29) is 23.8 Å². The fourth-order valence-electron chi connectivity index (χ4n) is 4.64. The molecule has 0 heterocycles. The van der Waals surface area contributed by atoms with Crippen molar-refractivity contribution in [2.24, 2.45) is 0 Å². The molecule has 6 nitrogen and oxygen atoms in total. The van der Waals surface area contributed by atoms with Crippen molar-refractivity contribution in [2.75, 3.05) is 25.7 Å². The highest BCUT2D eigenvalue weighted by Crippen LogP contribution is 2.17. The van der Waals surface area contributed by atoms with E-state index >= 15 is 0 Å². The van der Waals surface area contributed by atoms with E-state index in [4.69, 9.17) is 18.9 Å². The Bertz CT molecular complexity index is 1580. The minimum absolute atomic E-state index is 0. The molecule has 0 spiro atoms. The Hall–Kier alpha value is -2.36. The van der Waals surface area contributed by atoms with Gasteiger partial charge >= 0.3 is 0 Å². The molecule has 0 aliphatic carbocycles. The van der Waals surface area contributed by atoms with Crippen LogP contribution >= 0.6 is 35.2 Å². The molecule has 0 fully saturated rings. The summed E-state index contributed by atoms with van der Waals surface area (Å²) in [5.74, 6) is 1.63. The van der Waals surface area contributed by atoms with Crippen LogP contribution in [0.4, 0.5) is 0 Å². The van der Waals surface area contributed by atoms with Gasteiger partial charge in [-0.1, -0.05) is 107 Å². The molecule has 49 heavy (non-hydrogen) atoms. The van der Waals surface area contributed by atoms with Gasteiger partial charge in [0.05, 0.1) is 25.7 Å². The molecular formula is C38H56BrNO5P2Si2. The molecule has 2 atom stereocenters. The summed E-state index contributed by atoms with van der Waals surface area (Å²) in [6.07, 6.45) is 1.51. The number of halogens is 1. The Morgan fingerprint density at radius 1 is 0.714 bits per heavy atom. The number of aryl methyl sites for hydroxylation is 2. The Morgan fingerprint density at radius 2 is 1.18 bits per heavy atom. The van der Waals surface area contributed by atoms with Crippen LogP contribution in [0.25, 0.3) is 0 Å². The predicted molar refractivity (Wildman–Crippen MR) is 224 cm³/mol. The molecule has 268 valence electrons. The summed E-state index contributed by atoms with van der Waals surface area (Å²) in [4.78, 5) is 11.1. The van der Waals surface area contributed by atoms with E-state index < -0.39 is 16.1 Å². The van der Waals surface area contributed by atoms with Crippen LogP contribution in [-0.2, 0) is 27.5 Å². The lowest BCUT2D eigenvalue weighted by Gasteiger charge is -2.24. The molecule has 0 bridgehead atoms. The van der Waals surface area contributed by atoms with Gasteiger partial charge in [-0.15, -0.1) is 0 Å². The van der Waals surface area contributed by atoms with E-state index in [9.17, 15) is 4.79 Å². The molecule has 0 aliphatic heterocycles. The van der Waals surface area contributed by atoms with Gasteiger partial charge in [0, 0.05) is 12.5 Å². The molecule has 2 unspecified atom stereocenters. The van der Waals surface area contributed by atoms with E-state index in [0.717, 1.165) is 40.6 Å². The van der Waals surface area contributed by atoms with E-state index in [2.05, 4.69) is 125 Å². The summed E-state index contributed by atoms with van der Waals surface area (Å²) in [6.45, 7) is 17.5. The number of nitrogens with one attached hydrogen (secondary N) is 1. The second-order valence-corrected chi connectivity index (χ2v) is 23.6. The van der Waals surface area contributed by atoms with Crippen LogP contribution in [0, 0.1) is 13.8 Å². The number of carbonyl (C=O) groups is 1. The van der Waals surface area contributed by atoms with Gasteiger partial charge in [0.2, 0.25) is 5.91 Å². The topological polar surface area (TPSA) is 66.0 Å². The number of benzene rings is 4. The van der Waals surface area contributed by atoms with Crippen LogP contribution in [0.1, 0.15) is 30.6 Å². The molecule has 11 heteroatoms. The van der Waals surface area contributed by atoms with Gasteiger partial charge in [0.25, 0.3) is 0 Å². The third kappa shape index (κ3) is 14.8. The highest BCUT2D eigenvalue weighted by atomic mass is 79.9. The van der Waals surface area contributed by atoms with Crippen LogP contribution in [0.2, 0.25) is 26.2 Å². The minimum Gasteiger partial charge on any atom is -0.497 e. The van der Waals surface area contributed by atoms with Crippen LogP contribution in [0.3, 0.4) is 0 Å². The molecule has 0 aromatic heterocycles. The fourth-order valence-corrected chi connectivity index (χ4v) is 8.59. The van der Waals surface area contributed by atoms with Gasteiger partial charge in [-0.25, -0.2) is 0 Å². The van der Waals surface area contributed by atoms with E-state index in [1.807, 2.05) is 43.3 Å². The van der Waals surface area contributed by atoms with Crippen LogP contribution in [-0.4, -0.2) is 47.7 Å². The van der Waals surface area contributed by atoms with Crippen molar-refractivity contribution >= 4 is 67.6 Å². The third-order valence-electron chi connectivity index (χ3n) is 8.10. The molecule has 0 aliphatic rings. The molecule has 1 amide bonds. The lowest BCUT2D eigenvalue weighted by molar-refractivity contribution is -0.124. The highest BCUT2D eigenvalue weighted by Gasteiger charge is 2.26. The lowest BCUT2D eigenvalue weighted by atomic mass is 10.1. The molecular weight excluding hydrogens is 748 g/mol. The molecule has 1 N–H and O–H groups in total. The summed E-state index contributed by atoms with van der Waals surface area (Å²) >= 11 is 3.49. The standard InChI is InChI=1S/C20H28NO3PSi.C18H23BrO2Si.H3P.H2/c1-15-5-10-19(11-16(15)2)26(3,4)14-24-18-8-6-17(7-9-18)12-23-13-20(22)21-25;1-4-20-13-15-5-9-17(10-6-15)21-14-22(2,3)18-11-7-16(19)8-12-18;;/h5-11H,12-14,25H2,1-4H3,(H,21,22);5-12H,4,13-14H2,1-3H3;1H3;1H. The largest absolute Gasteiger partial charge is 0.497 e. The third-order valence-corrected chi connectivity index (χ3v) is 14.4. The van der Waals surface area contributed by atoms with E-state index in [1.54, 1.807) is 0 Å². The first-order valence-electron chi connectivity index (χ1n) is 16.2. The first kappa shape index (κ1) is 42.8. The Labute approximate surface area is 311 Å². The number of carbonyl (C=O) groups excluding carboxylic acids is 1. The van der Waals surface area contributed by atoms with Gasteiger partial charge in [-0.3, -0.25) is 4.79 Å². The summed E-state index contributed by atoms with van der Waals surface area (Å²) in [5, 5.41) is 5.27. The normalized spacial score (nSPS) is 11.1. The first-order chi connectivity index (χ1) is 22.8. The minimum atomic E-state index is -1.66. The monoisotopic (exact) mass is 803 g/mol. The molecule has 4 aromatic carbocycles. The zero-order valence-corrected chi connectivity index (χ0v) is 36.3. The van der Waals surface area contributed by atoms with Crippen LogP contribution in [0.5, 0.6) is 11.5 Å². The van der Waals surface area contributed by atoms with Crippen molar-refractivity contribution in [1.29, 1.82) is 0 Å². The molecule has 4 aromatic rings. The summed E-state index contributed by atoms with van der Waals surface area (Å²) in [6, 6.07) is 31.4. The van der Waals surface area contributed by atoms with E-state index in [1.165, 1.54) is 27.1 Å². The van der Waals surface area contributed by atoms with Gasteiger partial charge in [-0.05, 0) is 88.8 Å². The lowest BCUT2D eigenvalue weighted by Crippen LogP contribution is -2.47. The van der Waals surface area contributed by atoms with Gasteiger partial charge in [0.15, 0.2) is 0 Å². The van der Waals surface area contributed by atoms with Gasteiger partial charge in [0.1, 0.15) is 34.3 Å². The zero-order valence-electron chi connectivity index (χ0n) is 30.1. The van der Waals surface area contributed by atoms with Crippen molar-refractivity contribution in [3.05, 3.63) is 118 Å². The SMILES string of the molecule is CCOCc1ccc(OC[Si](C)(C)c2ccc(Br)cc2)cc1.Cc1ccc([Si](C)(C)COc2ccc(COCC(=O)NP)cc2)cc1C.P.[HH]. The second kappa shape index (κ2) is 21.1. The molecule has 0 saturated heterocycles. The zero-order chi connectivity index (χ0) is 35.2. The van der Waals surface area contributed by atoms with Gasteiger partial charge < -0.3 is 24.0 Å². The highest BCUT2D eigenvalue weighted by molar-refractivity contribution is 9.10. The van der Waals surface area contributed by atoms with Gasteiger partial charge in [-0.2, -0.15) is 9.90 Å². The van der Waals surface area contributed by atoms with Crippen LogP contribution < -0.4 is 24.9 Å². The molecule has 0 saturated carbocycles. The molecule has 0 radical (unpaired) electrons. The van der Waals surface area contributed by atoms with E-state index in [0.29, 0.717) is 13.2 Å². The summed E-state index contributed by atoms with van der Waals surface area (Å²) in [5.41, 5.74) is 4.86. The van der Waals surface area contributed by atoms with Crippen LogP contribution in [0.15, 0.2) is 95.5 Å². The number of amides is 1. The number of hydrogen-bond donors (Lipinski definition) is 1.